The van der Waals surface area contributed by atoms with Gasteiger partial charge in [-0.2, -0.15) is 0 Å². The van der Waals surface area contributed by atoms with E-state index in [4.69, 9.17) is 12.2 Å². The average Bonchev–Trinajstić information content (AvgIpc) is 2.31. The fourth-order valence-corrected chi connectivity index (χ4v) is 1.62. The topological polar surface area (TPSA) is 12.0 Å². The molecule has 0 saturated heterocycles. The van der Waals surface area contributed by atoms with Gasteiger partial charge in [-0.25, -0.2) is 0 Å². The van der Waals surface area contributed by atoms with Crippen LogP contribution in [0.1, 0.15) is 0 Å². The summed E-state index contributed by atoms with van der Waals surface area (Å²) in [4.78, 5) is 0. The number of benzene rings is 2. The van der Waals surface area contributed by atoms with Crippen molar-refractivity contribution < 1.29 is 0 Å². The Hall–Kier alpha value is -1.67. The summed E-state index contributed by atoms with van der Waals surface area (Å²) in [5.41, 5.74) is 4.94. The van der Waals surface area contributed by atoms with Gasteiger partial charge in [-0.3, -0.25) is 0 Å². The van der Waals surface area contributed by atoms with E-state index in [0.717, 1.165) is 5.69 Å². The van der Waals surface area contributed by atoms with Gasteiger partial charge in [0.1, 0.15) is 0 Å². The van der Waals surface area contributed by atoms with E-state index in [2.05, 4.69) is 29.6 Å². The van der Waals surface area contributed by atoms with E-state index in [-0.39, 0.29) is 0 Å². The van der Waals surface area contributed by atoms with Crippen molar-refractivity contribution in [3.8, 4) is 11.1 Å². The summed E-state index contributed by atoms with van der Waals surface area (Å²) in [6.45, 7) is 0. The fourth-order valence-electron chi connectivity index (χ4n) is 1.49. The van der Waals surface area contributed by atoms with Gasteiger partial charge in [-0.05, 0) is 23.3 Å². The third-order valence-corrected chi connectivity index (χ3v) is 2.31. The molecule has 0 saturated carbocycles. The lowest BCUT2D eigenvalue weighted by atomic mass is 10.1. The van der Waals surface area contributed by atoms with Gasteiger partial charge in [-0.1, -0.05) is 54.7 Å². The molecule has 0 atom stereocenters. The molecule has 2 heteroatoms. The molecule has 1 N–H and O–H groups in total. The Morgan fingerprint density at radius 3 is 2.33 bits per heavy atom. The maximum Gasteiger partial charge on any atom is 0.0658 e. The summed E-state index contributed by atoms with van der Waals surface area (Å²) in [6, 6.07) is 18.5. The van der Waals surface area contributed by atoms with Crippen LogP contribution < -0.4 is 5.32 Å². The Morgan fingerprint density at radius 2 is 1.60 bits per heavy atom. The van der Waals surface area contributed by atoms with Gasteiger partial charge < -0.3 is 5.32 Å². The van der Waals surface area contributed by atoms with Gasteiger partial charge in [0.05, 0.1) is 5.49 Å². The zero-order valence-electron chi connectivity index (χ0n) is 8.18. The van der Waals surface area contributed by atoms with Crippen molar-refractivity contribution in [1.82, 2.24) is 0 Å². The van der Waals surface area contributed by atoms with E-state index in [0.29, 0.717) is 0 Å². The quantitative estimate of drug-likeness (QED) is 0.780. The van der Waals surface area contributed by atoms with Gasteiger partial charge in [0.15, 0.2) is 0 Å². The first kappa shape index (κ1) is 9.87. The SMILES string of the molecule is S=CNc1cccc(-c2ccccc2)c1. The van der Waals surface area contributed by atoms with Crippen LogP contribution in [0.2, 0.25) is 0 Å². The lowest BCUT2D eigenvalue weighted by molar-refractivity contribution is 1.60. The van der Waals surface area contributed by atoms with E-state index in [9.17, 15) is 0 Å². The highest BCUT2D eigenvalue weighted by molar-refractivity contribution is 7.79. The minimum Gasteiger partial charge on any atom is -0.353 e. The largest absolute Gasteiger partial charge is 0.353 e. The molecule has 0 heterocycles. The smallest absolute Gasteiger partial charge is 0.0658 e. The van der Waals surface area contributed by atoms with Crippen molar-refractivity contribution in [3.63, 3.8) is 0 Å². The van der Waals surface area contributed by atoms with Crippen LogP contribution >= 0.6 is 12.2 Å². The summed E-state index contributed by atoms with van der Waals surface area (Å²) < 4.78 is 0. The number of hydrogen-bond donors (Lipinski definition) is 1. The Labute approximate surface area is 94.8 Å². The maximum atomic E-state index is 4.76. The number of rotatable bonds is 3. The van der Waals surface area contributed by atoms with Crippen LogP contribution in [0.15, 0.2) is 54.6 Å². The van der Waals surface area contributed by atoms with Crippen molar-refractivity contribution in [3.05, 3.63) is 54.6 Å². The molecule has 0 radical (unpaired) electrons. The molecule has 2 rings (SSSR count). The normalized spacial score (nSPS) is 9.60. The Balaban J connectivity index is 2.37. The maximum absolute atomic E-state index is 4.76. The molecule has 0 unspecified atom stereocenters. The van der Waals surface area contributed by atoms with Crippen LogP contribution in [0.25, 0.3) is 11.1 Å². The first-order chi connectivity index (χ1) is 7.40. The molecule has 0 aliphatic heterocycles. The van der Waals surface area contributed by atoms with Crippen molar-refractivity contribution in [2.45, 2.75) is 0 Å². The van der Waals surface area contributed by atoms with Gasteiger partial charge >= 0.3 is 0 Å². The Kier molecular flexibility index (Phi) is 3.10. The predicted octanol–water partition coefficient (Wildman–Crippen LogP) is 3.72. The molecule has 0 spiro atoms. The lowest BCUT2D eigenvalue weighted by Gasteiger charge is -2.04. The van der Waals surface area contributed by atoms with Crippen LogP contribution in [0, 0.1) is 0 Å². The minimum atomic E-state index is 1.02. The monoisotopic (exact) mass is 213 g/mol. The van der Waals surface area contributed by atoms with Gasteiger partial charge in [-0.15, -0.1) is 0 Å². The third kappa shape index (κ3) is 2.42. The Bertz CT molecular complexity index is 451. The molecule has 0 aliphatic carbocycles. The second kappa shape index (κ2) is 4.71. The standard InChI is InChI=1S/C13H11NS/c15-10-14-13-8-4-7-12(9-13)11-5-2-1-3-6-11/h1-10H,(H,14,15). The van der Waals surface area contributed by atoms with E-state index in [1.807, 2.05) is 30.3 Å². The Morgan fingerprint density at radius 1 is 0.867 bits per heavy atom. The third-order valence-electron chi connectivity index (χ3n) is 2.20. The molecule has 0 aromatic heterocycles. The summed E-state index contributed by atoms with van der Waals surface area (Å²) >= 11 is 4.76. The molecule has 0 aliphatic rings. The van der Waals surface area contributed by atoms with Crippen molar-refractivity contribution in [2.24, 2.45) is 0 Å². The molecule has 0 amide bonds. The van der Waals surface area contributed by atoms with Gasteiger partial charge in [0.25, 0.3) is 0 Å². The van der Waals surface area contributed by atoms with Crippen LogP contribution in [0.3, 0.4) is 0 Å². The van der Waals surface area contributed by atoms with Crippen molar-refractivity contribution in [1.29, 1.82) is 0 Å². The summed E-state index contributed by atoms with van der Waals surface area (Å²) in [7, 11) is 0. The number of hydrogen-bond acceptors (Lipinski definition) is 1. The number of nitrogens with one attached hydrogen (secondary N) is 1. The van der Waals surface area contributed by atoms with Crippen LogP contribution in [-0.2, 0) is 0 Å². The summed E-state index contributed by atoms with van der Waals surface area (Å²) in [5.74, 6) is 0. The molecular weight excluding hydrogens is 202 g/mol. The predicted molar refractivity (Wildman–Crippen MR) is 69.2 cm³/mol. The van der Waals surface area contributed by atoms with Crippen molar-refractivity contribution >= 4 is 23.4 Å². The highest BCUT2D eigenvalue weighted by atomic mass is 32.1. The molecule has 15 heavy (non-hydrogen) atoms. The minimum absolute atomic E-state index is 1.02. The lowest BCUT2D eigenvalue weighted by Crippen LogP contribution is -1.91. The van der Waals surface area contributed by atoms with E-state index in [1.54, 1.807) is 0 Å². The molecule has 0 bridgehead atoms. The van der Waals surface area contributed by atoms with Crippen LogP contribution in [0.5, 0.6) is 0 Å². The highest BCUT2D eigenvalue weighted by Gasteiger charge is 1.96. The zero-order valence-corrected chi connectivity index (χ0v) is 9.00. The summed E-state index contributed by atoms with van der Waals surface area (Å²) in [5, 5.41) is 3.01. The zero-order chi connectivity index (χ0) is 10.5. The fraction of sp³-hybridized carbons (Fsp3) is 0. The average molecular weight is 213 g/mol. The molecule has 74 valence electrons. The second-order valence-electron chi connectivity index (χ2n) is 3.21. The number of anilines is 1. The van der Waals surface area contributed by atoms with Crippen molar-refractivity contribution in [2.75, 3.05) is 5.32 Å². The highest BCUT2D eigenvalue weighted by Crippen LogP contribution is 2.21. The van der Waals surface area contributed by atoms with Crippen LogP contribution in [0.4, 0.5) is 5.69 Å². The molecule has 1 nitrogen and oxygen atoms in total. The van der Waals surface area contributed by atoms with E-state index in [1.165, 1.54) is 16.6 Å². The first-order valence-corrected chi connectivity index (χ1v) is 5.23. The first-order valence-electron chi connectivity index (χ1n) is 4.76. The van der Waals surface area contributed by atoms with Crippen LogP contribution in [-0.4, -0.2) is 5.49 Å². The van der Waals surface area contributed by atoms with E-state index >= 15 is 0 Å². The molecule has 2 aromatic carbocycles. The van der Waals surface area contributed by atoms with Gasteiger partial charge in [0.2, 0.25) is 0 Å². The second-order valence-corrected chi connectivity index (χ2v) is 3.44. The van der Waals surface area contributed by atoms with Gasteiger partial charge in [0, 0.05) is 5.69 Å². The summed E-state index contributed by atoms with van der Waals surface area (Å²) in [6.07, 6.45) is 0. The molecular formula is C13H11NS. The number of thiocarbonyl (C=S) groups is 1. The molecule has 2 aromatic rings. The van der Waals surface area contributed by atoms with E-state index < -0.39 is 0 Å². The molecule has 0 fully saturated rings.